The molecular weight excluding hydrogens is 501 g/mol. The Morgan fingerprint density at radius 3 is 1.93 bits per heavy atom. The molecule has 12 heteroatoms. The molecule has 0 spiro atoms. The second-order valence-electron chi connectivity index (χ2n) is 5.88. The van der Waals surface area contributed by atoms with Gasteiger partial charge in [0.2, 0.25) is 0 Å². The number of halogens is 1. The van der Waals surface area contributed by atoms with Gasteiger partial charge in [0, 0.05) is 22.1 Å². The summed E-state index contributed by atoms with van der Waals surface area (Å²) in [4.78, 5) is 56.8. The molecule has 0 saturated carbocycles. The number of nitrogens with one attached hydrogen (secondary N) is 3. The molecule has 0 aliphatic carbocycles. The van der Waals surface area contributed by atoms with Gasteiger partial charge in [-0.2, -0.15) is 0 Å². The number of carbonyl (C=O) groups is 5. The lowest BCUT2D eigenvalue weighted by atomic mass is 10.1. The van der Waals surface area contributed by atoms with Gasteiger partial charge in [0.1, 0.15) is 12.1 Å². The fourth-order valence-corrected chi connectivity index (χ4v) is 2.52. The van der Waals surface area contributed by atoms with E-state index in [4.69, 9.17) is 10.2 Å². The molecule has 158 valence electrons. The van der Waals surface area contributed by atoms with Gasteiger partial charge in [-0.25, -0.2) is 14.4 Å². The quantitative estimate of drug-likeness (QED) is 0.227. The normalized spacial score (nSPS) is 12.3. The van der Waals surface area contributed by atoms with E-state index in [-0.39, 0.29) is 24.9 Å². The Bertz CT molecular complexity index is 768. The average molecular weight is 521 g/mol. The van der Waals surface area contributed by atoms with E-state index in [2.05, 4.69) is 38.5 Å². The van der Waals surface area contributed by atoms with E-state index in [9.17, 15) is 29.1 Å². The Hall–Kier alpha value is -2.90. The summed E-state index contributed by atoms with van der Waals surface area (Å²) in [7, 11) is 0. The molecule has 0 radical (unpaired) electrons. The van der Waals surface area contributed by atoms with Gasteiger partial charge in [0.25, 0.3) is 5.91 Å². The van der Waals surface area contributed by atoms with Crippen molar-refractivity contribution in [3.05, 3.63) is 33.4 Å². The molecule has 1 aromatic rings. The van der Waals surface area contributed by atoms with Gasteiger partial charge >= 0.3 is 23.9 Å². The number of aliphatic carboxylic acids is 3. The predicted octanol–water partition coefficient (Wildman–Crippen LogP) is 0.481. The number of benzene rings is 1. The van der Waals surface area contributed by atoms with Crippen LogP contribution in [-0.2, 0) is 14.4 Å². The number of urea groups is 1. The highest BCUT2D eigenvalue weighted by atomic mass is 127. The Morgan fingerprint density at radius 1 is 0.862 bits per heavy atom. The number of hydrogen-bond acceptors (Lipinski definition) is 5. The molecule has 0 saturated heterocycles. The average Bonchev–Trinajstić information content (AvgIpc) is 2.64. The first-order chi connectivity index (χ1) is 13.6. The maximum absolute atomic E-state index is 12.1. The van der Waals surface area contributed by atoms with Crippen molar-refractivity contribution >= 4 is 52.4 Å². The second kappa shape index (κ2) is 11.8. The third-order valence-electron chi connectivity index (χ3n) is 3.68. The van der Waals surface area contributed by atoms with Gasteiger partial charge in [-0.1, -0.05) is 0 Å². The molecule has 1 aromatic carbocycles. The summed E-state index contributed by atoms with van der Waals surface area (Å²) in [6.45, 7) is -0.166. The Balaban J connectivity index is 2.52. The smallest absolute Gasteiger partial charge is 0.326 e. The van der Waals surface area contributed by atoms with Crippen molar-refractivity contribution in [2.24, 2.45) is 0 Å². The van der Waals surface area contributed by atoms with E-state index in [1.165, 1.54) is 0 Å². The van der Waals surface area contributed by atoms with Crippen molar-refractivity contribution in [1.29, 1.82) is 0 Å². The van der Waals surface area contributed by atoms with Crippen molar-refractivity contribution in [2.45, 2.75) is 31.3 Å². The van der Waals surface area contributed by atoms with Gasteiger partial charge in [-0.05, 0) is 59.7 Å². The summed E-state index contributed by atoms with van der Waals surface area (Å²) in [5.74, 6) is -4.48. The molecule has 0 bridgehead atoms. The highest BCUT2D eigenvalue weighted by molar-refractivity contribution is 14.1. The number of carboxylic acids is 3. The molecule has 6 N–H and O–H groups in total. The minimum Gasteiger partial charge on any atom is -0.481 e. The van der Waals surface area contributed by atoms with Crippen LogP contribution in [0.1, 0.15) is 29.6 Å². The summed E-state index contributed by atoms with van der Waals surface area (Å²) in [5.41, 5.74) is 0.282. The zero-order valence-electron chi connectivity index (χ0n) is 15.1. The maximum atomic E-state index is 12.1. The molecule has 29 heavy (non-hydrogen) atoms. The predicted molar refractivity (Wildman–Crippen MR) is 107 cm³/mol. The van der Waals surface area contributed by atoms with Crippen LogP contribution in [0.5, 0.6) is 0 Å². The van der Waals surface area contributed by atoms with Crippen molar-refractivity contribution in [1.82, 2.24) is 16.0 Å². The number of carboxylic acid groups (broad SMARTS) is 3. The van der Waals surface area contributed by atoms with Gasteiger partial charge in [-0.15, -0.1) is 0 Å². The molecule has 0 aliphatic rings. The van der Waals surface area contributed by atoms with E-state index in [0.29, 0.717) is 0 Å². The summed E-state index contributed by atoms with van der Waals surface area (Å²) in [6, 6.07) is 2.92. The van der Waals surface area contributed by atoms with Crippen molar-refractivity contribution in [3.8, 4) is 0 Å². The van der Waals surface area contributed by atoms with Gasteiger partial charge in [0.05, 0.1) is 0 Å². The molecule has 0 aromatic heterocycles. The Kier molecular flexibility index (Phi) is 9.85. The van der Waals surface area contributed by atoms with E-state index >= 15 is 0 Å². The summed E-state index contributed by atoms with van der Waals surface area (Å²) < 4.78 is 0.909. The fraction of sp³-hybridized carbons (Fsp3) is 0.353. The standard InChI is InChI=1S/C17H20IN3O8/c18-10-3-1-9(2-4-10)14(24)20-12(16(27)28)7-8-19-17(29)21-11(15(25)26)5-6-13(22)23/h1-4,11-12H,5-8H2,(H,20,24)(H,22,23)(H,25,26)(H,27,28)(H2,19,21,29)/t11-,12-/m0/s1. The number of hydrogen-bond donors (Lipinski definition) is 6. The van der Waals surface area contributed by atoms with Crippen LogP contribution in [0, 0.1) is 3.57 Å². The van der Waals surface area contributed by atoms with Crippen LogP contribution in [-0.4, -0.2) is 63.8 Å². The van der Waals surface area contributed by atoms with Crippen LogP contribution < -0.4 is 16.0 Å². The second-order valence-corrected chi connectivity index (χ2v) is 7.13. The molecule has 0 heterocycles. The fourth-order valence-electron chi connectivity index (χ4n) is 2.16. The molecule has 11 nitrogen and oxygen atoms in total. The van der Waals surface area contributed by atoms with Gasteiger partial charge in [0.15, 0.2) is 0 Å². The lowest BCUT2D eigenvalue weighted by Crippen LogP contribution is -2.48. The third-order valence-corrected chi connectivity index (χ3v) is 4.40. The van der Waals surface area contributed by atoms with Crippen molar-refractivity contribution in [2.75, 3.05) is 6.54 Å². The van der Waals surface area contributed by atoms with Crippen LogP contribution in [0.2, 0.25) is 0 Å². The summed E-state index contributed by atoms with van der Waals surface area (Å²) in [6.07, 6.45) is -0.892. The topological polar surface area (TPSA) is 182 Å². The number of carbonyl (C=O) groups excluding carboxylic acids is 2. The van der Waals surface area contributed by atoms with Gasteiger partial charge in [-0.3, -0.25) is 9.59 Å². The van der Waals surface area contributed by atoms with Crippen LogP contribution in [0.15, 0.2) is 24.3 Å². The first-order valence-corrected chi connectivity index (χ1v) is 9.46. The molecule has 2 atom stereocenters. The monoisotopic (exact) mass is 521 g/mol. The first-order valence-electron chi connectivity index (χ1n) is 8.38. The largest absolute Gasteiger partial charge is 0.481 e. The molecule has 0 aliphatic heterocycles. The third kappa shape index (κ3) is 9.23. The number of rotatable bonds is 11. The van der Waals surface area contributed by atoms with Crippen LogP contribution in [0.25, 0.3) is 0 Å². The Labute approximate surface area is 179 Å². The Morgan fingerprint density at radius 2 is 1.41 bits per heavy atom. The zero-order valence-corrected chi connectivity index (χ0v) is 17.2. The van der Waals surface area contributed by atoms with Gasteiger partial charge < -0.3 is 31.3 Å². The van der Waals surface area contributed by atoms with Crippen LogP contribution in [0.4, 0.5) is 4.79 Å². The maximum Gasteiger partial charge on any atom is 0.326 e. The van der Waals surface area contributed by atoms with E-state index < -0.39 is 48.4 Å². The van der Waals surface area contributed by atoms with E-state index in [0.717, 1.165) is 3.57 Å². The summed E-state index contributed by atoms with van der Waals surface area (Å²) >= 11 is 2.06. The lowest BCUT2D eigenvalue weighted by Gasteiger charge is -2.17. The number of amides is 3. The molecule has 3 amide bonds. The van der Waals surface area contributed by atoms with Crippen molar-refractivity contribution < 1.29 is 39.3 Å². The molecular formula is C17H20IN3O8. The lowest BCUT2D eigenvalue weighted by molar-refractivity contribution is -0.141. The summed E-state index contributed by atoms with van der Waals surface area (Å²) in [5, 5.41) is 33.5. The van der Waals surface area contributed by atoms with Crippen molar-refractivity contribution in [3.63, 3.8) is 0 Å². The SMILES string of the molecule is O=C(O)CC[C@H](NC(=O)NCC[C@H](NC(=O)c1ccc(I)cc1)C(=O)O)C(=O)O. The zero-order chi connectivity index (χ0) is 22.0. The highest BCUT2D eigenvalue weighted by Crippen LogP contribution is 2.07. The van der Waals surface area contributed by atoms with Crippen LogP contribution in [0.3, 0.4) is 0 Å². The molecule has 1 rings (SSSR count). The minimum absolute atomic E-state index is 0.147. The van der Waals surface area contributed by atoms with E-state index in [1.807, 2.05) is 0 Å². The molecule has 0 unspecified atom stereocenters. The highest BCUT2D eigenvalue weighted by Gasteiger charge is 2.23. The first kappa shape index (κ1) is 24.1. The minimum atomic E-state index is -1.40. The van der Waals surface area contributed by atoms with Crippen LogP contribution >= 0.6 is 22.6 Å². The van der Waals surface area contributed by atoms with E-state index in [1.54, 1.807) is 24.3 Å². The molecule has 0 fully saturated rings.